The Morgan fingerprint density at radius 2 is 2.25 bits per heavy atom. The van der Waals surface area contributed by atoms with E-state index in [2.05, 4.69) is 20.9 Å². The number of pyridine rings is 1. The lowest BCUT2D eigenvalue weighted by Crippen LogP contribution is -2.12. The van der Waals surface area contributed by atoms with E-state index in [1.54, 1.807) is 6.20 Å². The normalized spacial score (nSPS) is 10.0. The summed E-state index contributed by atoms with van der Waals surface area (Å²) in [5.41, 5.74) is 1.04. The minimum atomic E-state index is 0.486. The van der Waals surface area contributed by atoms with Gasteiger partial charge in [0.1, 0.15) is 5.82 Å². The van der Waals surface area contributed by atoms with E-state index < -0.39 is 0 Å². The Morgan fingerprint density at radius 3 is 2.75 bits per heavy atom. The summed E-state index contributed by atoms with van der Waals surface area (Å²) in [4.78, 5) is 6.19. The van der Waals surface area contributed by atoms with Crippen molar-refractivity contribution in [1.29, 1.82) is 0 Å². The standard InChI is InChI=1S/C8H10BrClN2/c1-12(2)8-6(4-10)3-7(9)5-11-8/h3,5H,4H2,1-2H3. The molecule has 0 N–H and O–H groups in total. The summed E-state index contributed by atoms with van der Waals surface area (Å²) in [6.45, 7) is 0. The van der Waals surface area contributed by atoms with Gasteiger partial charge in [-0.1, -0.05) is 0 Å². The number of anilines is 1. The van der Waals surface area contributed by atoms with E-state index in [4.69, 9.17) is 11.6 Å². The smallest absolute Gasteiger partial charge is 0.132 e. The highest BCUT2D eigenvalue weighted by Crippen LogP contribution is 2.21. The lowest BCUT2D eigenvalue weighted by molar-refractivity contribution is 1.04. The molecule has 0 aliphatic heterocycles. The minimum absolute atomic E-state index is 0.486. The molecule has 0 aliphatic carbocycles. The van der Waals surface area contributed by atoms with Crippen LogP contribution in [0.1, 0.15) is 5.56 Å². The monoisotopic (exact) mass is 248 g/mol. The Balaban J connectivity index is 3.11. The Bertz CT molecular complexity index is 276. The zero-order valence-corrected chi connectivity index (χ0v) is 9.35. The maximum Gasteiger partial charge on any atom is 0.132 e. The molecule has 66 valence electrons. The third-order valence-corrected chi connectivity index (χ3v) is 2.20. The van der Waals surface area contributed by atoms with Crippen LogP contribution < -0.4 is 4.90 Å². The fourth-order valence-electron chi connectivity index (χ4n) is 0.975. The molecule has 0 aliphatic rings. The molecule has 0 saturated heterocycles. The third kappa shape index (κ3) is 2.11. The quantitative estimate of drug-likeness (QED) is 0.749. The maximum atomic E-state index is 5.76. The highest BCUT2D eigenvalue weighted by Gasteiger charge is 2.04. The van der Waals surface area contributed by atoms with Gasteiger partial charge in [-0.2, -0.15) is 0 Å². The predicted molar refractivity (Wildman–Crippen MR) is 55.8 cm³/mol. The van der Waals surface area contributed by atoms with Crippen LogP contribution in [0.3, 0.4) is 0 Å². The van der Waals surface area contributed by atoms with Crippen LogP contribution >= 0.6 is 27.5 Å². The number of nitrogens with zero attached hydrogens (tertiary/aromatic N) is 2. The Labute approximate surface area is 85.7 Å². The van der Waals surface area contributed by atoms with Crippen LogP contribution in [-0.2, 0) is 5.88 Å². The summed E-state index contributed by atoms with van der Waals surface area (Å²) < 4.78 is 0.962. The van der Waals surface area contributed by atoms with Gasteiger partial charge < -0.3 is 4.90 Å². The highest BCUT2D eigenvalue weighted by molar-refractivity contribution is 9.10. The van der Waals surface area contributed by atoms with Crippen molar-refractivity contribution < 1.29 is 0 Å². The van der Waals surface area contributed by atoms with Crippen molar-refractivity contribution in [1.82, 2.24) is 4.98 Å². The van der Waals surface area contributed by atoms with Gasteiger partial charge in [0.15, 0.2) is 0 Å². The Kier molecular flexibility index (Phi) is 3.35. The van der Waals surface area contributed by atoms with E-state index in [9.17, 15) is 0 Å². The second kappa shape index (κ2) is 4.10. The molecule has 0 bridgehead atoms. The molecule has 0 radical (unpaired) electrons. The van der Waals surface area contributed by atoms with Crippen LogP contribution in [0.5, 0.6) is 0 Å². The molecule has 1 aromatic heterocycles. The topological polar surface area (TPSA) is 16.1 Å². The molecule has 4 heteroatoms. The molecule has 0 amide bonds. The van der Waals surface area contributed by atoms with Gasteiger partial charge in [-0.15, -0.1) is 11.6 Å². The van der Waals surface area contributed by atoms with Gasteiger partial charge in [0.2, 0.25) is 0 Å². The molecule has 1 heterocycles. The van der Waals surface area contributed by atoms with E-state index >= 15 is 0 Å². The first-order valence-electron chi connectivity index (χ1n) is 3.53. The summed E-state index contributed by atoms with van der Waals surface area (Å²) in [5.74, 6) is 1.41. The molecule has 0 atom stereocenters. The van der Waals surface area contributed by atoms with Crippen molar-refractivity contribution in [3.8, 4) is 0 Å². The van der Waals surface area contributed by atoms with Crippen LogP contribution in [0.25, 0.3) is 0 Å². The van der Waals surface area contributed by atoms with Gasteiger partial charge in [0.25, 0.3) is 0 Å². The van der Waals surface area contributed by atoms with Gasteiger partial charge in [0, 0.05) is 30.3 Å². The second-order valence-electron chi connectivity index (χ2n) is 2.66. The average molecular weight is 250 g/mol. The van der Waals surface area contributed by atoms with Gasteiger partial charge >= 0.3 is 0 Å². The molecule has 0 unspecified atom stereocenters. The zero-order chi connectivity index (χ0) is 9.14. The summed E-state index contributed by atoms with van der Waals surface area (Å²) in [6.07, 6.45) is 1.77. The fourth-order valence-corrected chi connectivity index (χ4v) is 1.55. The maximum absolute atomic E-state index is 5.76. The molecule has 2 nitrogen and oxygen atoms in total. The van der Waals surface area contributed by atoms with Crippen molar-refractivity contribution in [3.05, 3.63) is 22.3 Å². The largest absolute Gasteiger partial charge is 0.362 e. The molecule has 1 rings (SSSR count). The molecular formula is C8H10BrClN2. The fraction of sp³-hybridized carbons (Fsp3) is 0.375. The molecular weight excluding hydrogens is 239 g/mol. The summed E-state index contributed by atoms with van der Waals surface area (Å²) in [5, 5.41) is 0. The van der Waals surface area contributed by atoms with Gasteiger partial charge in [-0.3, -0.25) is 0 Å². The van der Waals surface area contributed by atoms with E-state index in [1.165, 1.54) is 0 Å². The molecule has 0 saturated carbocycles. The van der Waals surface area contributed by atoms with Crippen molar-refractivity contribution in [2.75, 3.05) is 19.0 Å². The zero-order valence-electron chi connectivity index (χ0n) is 7.01. The van der Waals surface area contributed by atoms with E-state index in [1.807, 2.05) is 25.1 Å². The highest BCUT2D eigenvalue weighted by atomic mass is 79.9. The molecule has 0 spiro atoms. The van der Waals surface area contributed by atoms with Gasteiger partial charge in [-0.05, 0) is 22.0 Å². The SMILES string of the molecule is CN(C)c1ncc(Br)cc1CCl. The summed E-state index contributed by atoms with van der Waals surface area (Å²) >= 11 is 9.11. The lowest BCUT2D eigenvalue weighted by atomic mass is 10.3. The van der Waals surface area contributed by atoms with Gasteiger partial charge in [0.05, 0.1) is 5.88 Å². The average Bonchev–Trinajstić information content (AvgIpc) is 2.03. The Morgan fingerprint density at radius 1 is 1.58 bits per heavy atom. The number of rotatable bonds is 2. The van der Waals surface area contributed by atoms with Crippen LogP contribution in [0.15, 0.2) is 16.7 Å². The molecule has 0 aromatic carbocycles. The second-order valence-corrected chi connectivity index (χ2v) is 3.85. The third-order valence-electron chi connectivity index (χ3n) is 1.48. The number of halogens is 2. The number of aromatic nitrogens is 1. The first kappa shape index (κ1) is 9.81. The van der Waals surface area contributed by atoms with Crippen molar-refractivity contribution in [2.24, 2.45) is 0 Å². The van der Waals surface area contributed by atoms with Crippen molar-refractivity contribution in [2.45, 2.75) is 5.88 Å². The lowest BCUT2D eigenvalue weighted by Gasteiger charge is -2.14. The van der Waals surface area contributed by atoms with Gasteiger partial charge in [-0.25, -0.2) is 4.98 Å². The van der Waals surface area contributed by atoms with Crippen LogP contribution in [-0.4, -0.2) is 19.1 Å². The summed E-state index contributed by atoms with van der Waals surface area (Å²) in [6, 6.07) is 1.98. The number of alkyl halides is 1. The van der Waals surface area contributed by atoms with E-state index in [-0.39, 0.29) is 0 Å². The summed E-state index contributed by atoms with van der Waals surface area (Å²) in [7, 11) is 3.90. The van der Waals surface area contributed by atoms with Crippen LogP contribution in [0, 0.1) is 0 Å². The van der Waals surface area contributed by atoms with Crippen LogP contribution in [0.2, 0.25) is 0 Å². The van der Waals surface area contributed by atoms with E-state index in [0.29, 0.717) is 5.88 Å². The molecule has 12 heavy (non-hydrogen) atoms. The molecule has 0 fully saturated rings. The van der Waals surface area contributed by atoms with Crippen LogP contribution in [0.4, 0.5) is 5.82 Å². The Hall–Kier alpha value is -0.280. The number of hydrogen-bond acceptors (Lipinski definition) is 2. The molecule has 1 aromatic rings. The number of hydrogen-bond donors (Lipinski definition) is 0. The predicted octanol–water partition coefficient (Wildman–Crippen LogP) is 2.65. The van der Waals surface area contributed by atoms with E-state index in [0.717, 1.165) is 15.9 Å². The first-order valence-corrected chi connectivity index (χ1v) is 4.85. The van der Waals surface area contributed by atoms with Crippen molar-refractivity contribution >= 4 is 33.3 Å². The minimum Gasteiger partial charge on any atom is -0.362 e. The van der Waals surface area contributed by atoms with Crippen molar-refractivity contribution in [3.63, 3.8) is 0 Å². The first-order chi connectivity index (χ1) is 5.65.